The molecule has 0 saturated heterocycles. The van der Waals surface area contributed by atoms with E-state index in [0.29, 0.717) is 0 Å². The third kappa shape index (κ3) is 2.73. The summed E-state index contributed by atoms with van der Waals surface area (Å²) in [5.41, 5.74) is 8.57. The van der Waals surface area contributed by atoms with Crippen LogP contribution in [-0.4, -0.2) is 9.97 Å². The fourth-order valence-corrected chi connectivity index (χ4v) is 4.19. The first-order chi connectivity index (χ1) is 14.9. The number of nitrogens with zero attached hydrogens (tertiary/aromatic N) is 2. The van der Waals surface area contributed by atoms with Crippen LogP contribution in [0.4, 0.5) is 0 Å². The molecular formula is C28H18N2. The van der Waals surface area contributed by atoms with Gasteiger partial charge in [0, 0.05) is 21.9 Å². The Morgan fingerprint density at radius 1 is 0.433 bits per heavy atom. The molecule has 0 atom stereocenters. The van der Waals surface area contributed by atoms with Crippen LogP contribution in [-0.2, 0) is 0 Å². The van der Waals surface area contributed by atoms with Crippen LogP contribution in [0.1, 0.15) is 0 Å². The number of hydrogen-bond acceptors (Lipinski definition) is 2. The van der Waals surface area contributed by atoms with E-state index in [4.69, 9.17) is 9.97 Å². The minimum atomic E-state index is 0.970. The highest BCUT2D eigenvalue weighted by atomic mass is 14.7. The Bertz CT molecular complexity index is 1500. The van der Waals surface area contributed by atoms with Crippen molar-refractivity contribution in [2.75, 3.05) is 0 Å². The lowest BCUT2D eigenvalue weighted by Gasteiger charge is -2.08. The Kier molecular flexibility index (Phi) is 3.82. The first-order valence-corrected chi connectivity index (χ1v) is 10.1. The van der Waals surface area contributed by atoms with Crippen molar-refractivity contribution in [1.29, 1.82) is 0 Å². The largest absolute Gasteiger partial charge is 0.248 e. The highest BCUT2D eigenvalue weighted by Gasteiger charge is 2.20. The van der Waals surface area contributed by atoms with Gasteiger partial charge in [0.15, 0.2) is 0 Å². The third-order valence-corrected chi connectivity index (χ3v) is 5.64. The van der Waals surface area contributed by atoms with Crippen LogP contribution in [0.25, 0.3) is 55.4 Å². The Balaban J connectivity index is 1.65. The van der Waals surface area contributed by atoms with Gasteiger partial charge >= 0.3 is 0 Å². The molecule has 2 heteroatoms. The van der Waals surface area contributed by atoms with E-state index in [2.05, 4.69) is 84.9 Å². The summed E-state index contributed by atoms with van der Waals surface area (Å²) < 4.78 is 0. The average Bonchev–Trinajstić information content (AvgIpc) is 3.01. The summed E-state index contributed by atoms with van der Waals surface area (Å²) in [6.45, 7) is 0. The van der Waals surface area contributed by atoms with Crippen molar-refractivity contribution in [3.8, 4) is 33.6 Å². The van der Waals surface area contributed by atoms with Crippen molar-refractivity contribution in [3.63, 3.8) is 0 Å². The standard InChI is InChI=1S/C28H18N2/c1-2-10-21-18-23(26-16-14-19-8-4-6-12-24(19)29-26)28(22(21)11-3-1)27-17-15-20-9-5-7-13-25(20)30-27/h1-18H. The van der Waals surface area contributed by atoms with Crippen LogP contribution in [0.3, 0.4) is 0 Å². The van der Waals surface area contributed by atoms with Gasteiger partial charge in [-0.2, -0.15) is 0 Å². The number of aromatic nitrogens is 2. The summed E-state index contributed by atoms with van der Waals surface area (Å²) in [4.78, 5) is 9.99. The fourth-order valence-electron chi connectivity index (χ4n) is 4.19. The molecule has 0 N–H and O–H groups in total. The van der Waals surface area contributed by atoms with Crippen LogP contribution >= 0.6 is 0 Å². The highest BCUT2D eigenvalue weighted by molar-refractivity contribution is 5.99. The van der Waals surface area contributed by atoms with Crippen molar-refractivity contribution >= 4 is 21.8 Å². The van der Waals surface area contributed by atoms with Gasteiger partial charge in [-0.05, 0) is 41.5 Å². The summed E-state index contributed by atoms with van der Waals surface area (Å²) in [5, 5.41) is 2.29. The third-order valence-electron chi connectivity index (χ3n) is 5.64. The molecule has 4 aromatic rings. The first kappa shape index (κ1) is 16.9. The van der Waals surface area contributed by atoms with E-state index in [0.717, 1.165) is 44.3 Å². The molecule has 0 unspecified atom stereocenters. The van der Waals surface area contributed by atoms with Gasteiger partial charge in [-0.1, -0.05) is 78.9 Å². The Hall–Kier alpha value is -4.04. The summed E-state index contributed by atoms with van der Waals surface area (Å²) in [7, 11) is 0. The second kappa shape index (κ2) is 6.78. The normalized spacial score (nSPS) is 11.3. The monoisotopic (exact) mass is 382 g/mol. The minimum absolute atomic E-state index is 0.970. The van der Waals surface area contributed by atoms with Crippen molar-refractivity contribution in [2.45, 2.75) is 0 Å². The van der Waals surface area contributed by atoms with Crippen molar-refractivity contribution in [2.24, 2.45) is 0 Å². The van der Waals surface area contributed by atoms with Crippen LogP contribution in [0, 0.1) is 0 Å². The molecule has 2 aromatic carbocycles. The molecule has 140 valence electrons. The molecule has 0 aliphatic heterocycles. The van der Waals surface area contributed by atoms with Crippen molar-refractivity contribution in [1.82, 2.24) is 9.97 Å². The molecule has 30 heavy (non-hydrogen) atoms. The Morgan fingerprint density at radius 2 is 1.03 bits per heavy atom. The van der Waals surface area contributed by atoms with Crippen molar-refractivity contribution in [3.05, 3.63) is 109 Å². The SMILES string of the molecule is c1ccc2cc(-c3ccc4ccccc4n3)c(-c3ccc4ccccc4n3)c-2cc1. The second-order valence-electron chi connectivity index (χ2n) is 7.49. The van der Waals surface area contributed by atoms with Crippen molar-refractivity contribution < 1.29 is 0 Å². The molecule has 0 radical (unpaired) electrons. The summed E-state index contributed by atoms with van der Waals surface area (Å²) >= 11 is 0. The van der Waals surface area contributed by atoms with Gasteiger partial charge in [-0.3, -0.25) is 0 Å². The predicted octanol–water partition coefficient (Wildman–Crippen LogP) is 7.22. The lowest BCUT2D eigenvalue weighted by atomic mass is 10.0. The van der Waals surface area contributed by atoms with E-state index in [9.17, 15) is 0 Å². The Morgan fingerprint density at radius 3 is 1.80 bits per heavy atom. The number of benzene rings is 2. The molecule has 0 spiro atoms. The lowest BCUT2D eigenvalue weighted by molar-refractivity contribution is 1.38. The molecule has 0 fully saturated rings. The van der Waals surface area contributed by atoms with E-state index in [1.54, 1.807) is 0 Å². The maximum absolute atomic E-state index is 5.01. The van der Waals surface area contributed by atoms with E-state index in [-0.39, 0.29) is 0 Å². The number of para-hydroxylation sites is 2. The number of fused-ring (bicyclic) bond motifs is 3. The van der Waals surface area contributed by atoms with Gasteiger partial charge < -0.3 is 0 Å². The summed E-state index contributed by atoms with van der Waals surface area (Å²) in [5.74, 6) is 0. The topological polar surface area (TPSA) is 25.8 Å². The van der Waals surface area contributed by atoms with Crippen LogP contribution in [0.15, 0.2) is 109 Å². The van der Waals surface area contributed by atoms with Gasteiger partial charge in [0.1, 0.15) is 0 Å². The van der Waals surface area contributed by atoms with Gasteiger partial charge in [-0.15, -0.1) is 0 Å². The maximum Gasteiger partial charge on any atom is 0.0722 e. The molecule has 2 nitrogen and oxygen atoms in total. The summed E-state index contributed by atoms with van der Waals surface area (Å²) in [6.07, 6.45) is 0. The van der Waals surface area contributed by atoms with Gasteiger partial charge in [0.2, 0.25) is 0 Å². The Labute approximate surface area is 174 Å². The molecule has 2 aromatic heterocycles. The highest BCUT2D eigenvalue weighted by Crippen LogP contribution is 2.43. The zero-order chi connectivity index (χ0) is 19.9. The number of pyridine rings is 2. The molecule has 2 heterocycles. The predicted molar refractivity (Wildman–Crippen MR) is 125 cm³/mol. The molecule has 6 rings (SSSR count). The number of rotatable bonds is 2. The van der Waals surface area contributed by atoms with Crippen LogP contribution < -0.4 is 0 Å². The zero-order valence-electron chi connectivity index (χ0n) is 16.3. The average molecular weight is 382 g/mol. The molecule has 2 aliphatic carbocycles. The fraction of sp³-hybridized carbons (Fsp3) is 0. The van der Waals surface area contributed by atoms with E-state index < -0.39 is 0 Å². The van der Waals surface area contributed by atoms with E-state index in [1.165, 1.54) is 11.1 Å². The van der Waals surface area contributed by atoms with Gasteiger partial charge in [0.05, 0.1) is 22.4 Å². The molecule has 0 amide bonds. The quantitative estimate of drug-likeness (QED) is 0.316. The minimum Gasteiger partial charge on any atom is -0.248 e. The second-order valence-corrected chi connectivity index (χ2v) is 7.49. The van der Waals surface area contributed by atoms with Gasteiger partial charge in [0.25, 0.3) is 0 Å². The van der Waals surface area contributed by atoms with Crippen LogP contribution in [0.5, 0.6) is 0 Å². The molecular weight excluding hydrogens is 364 g/mol. The van der Waals surface area contributed by atoms with Gasteiger partial charge in [-0.25, -0.2) is 9.97 Å². The summed E-state index contributed by atoms with van der Waals surface area (Å²) in [6, 6.07) is 37.8. The van der Waals surface area contributed by atoms with Crippen LogP contribution in [0.2, 0.25) is 0 Å². The van der Waals surface area contributed by atoms with E-state index >= 15 is 0 Å². The lowest BCUT2D eigenvalue weighted by Crippen LogP contribution is -1.89. The van der Waals surface area contributed by atoms with E-state index in [1.807, 2.05) is 24.3 Å². The number of hydrogen-bond donors (Lipinski definition) is 0. The maximum atomic E-state index is 5.01. The smallest absolute Gasteiger partial charge is 0.0722 e. The molecule has 2 aliphatic rings. The first-order valence-electron chi connectivity index (χ1n) is 10.1. The molecule has 0 saturated carbocycles. The zero-order valence-corrected chi connectivity index (χ0v) is 16.3. The molecule has 0 bridgehead atoms.